The standard InChI is InChI=1S/C15H10ClF3N2/c1-9-2-5-14(13(16)6-9)21-11-4-3-10(8-20)12(7-11)15(17,18)19/h2-7,21H,1H3. The molecule has 2 aromatic rings. The summed E-state index contributed by atoms with van der Waals surface area (Å²) >= 11 is 6.03. The van der Waals surface area contributed by atoms with Crippen molar-refractivity contribution in [3.05, 3.63) is 58.1 Å². The van der Waals surface area contributed by atoms with Gasteiger partial charge in [-0.15, -0.1) is 0 Å². The van der Waals surface area contributed by atoms with Gasteiger partial charge in [0.15, 0.2) is 0 Å². The molecule has 0 saturated carbocycles. The highest BCUT2D eigenvalue weighted by atomic mass is 35.5. The molecule has 0 aliphatic carbocycles. The van der Waals surface area contributed by atoms with Crippen molar-refractivity contribution in [2.45, 2.75) is 13.1 Å². The predicted octanol–water partition coefficient (Wildman–Crippen LogP) is 5.28. The van der Waals surface area contributed by atoms with Crippen LogP contribution in [0.3, 0.4) is 0 Å². The van der Waals surface area contributed by atoms with Crippen LogP contribution < -0.4 is 5.32 Å². The fourth-order valence-electron chi connectivity index (χ4n) is 1.83. The lowest BCUT2D eigenvalue weighted by molar-refractivity contribution is -0.137. The Morgan fingerprint density at radius 3 is 2.43 bits per heavy atom. The smallest absolute Gasteiger partial charge is 0.354 e. The zero-order valence-electron chi connectivity index (χ0n) is 10.9. The number of hydrogen-bond donors (Lipinski definition) is 1. The maximum Gasteiger partial charge on any atom is 0.417 e. The van der Waals surface area contributed by atoms with E-state index in [-0.39, 0.29) is 5.69 Å². The maximum atomic E-state index is 12.9. The first kappa shape index (κ1) is 15.2. The van der Waals surface area contributed by atoms with E-state index in [1.165, 1.54) is 12.1 Å². The van der Waals surface area contributed by atoms with E-state index < -0.39 is 17.3 Å². The molecule has 1 N–H and O–H groups in total. The Hall–Kier alpha value is -2.19. The van der Waals surface area contributed by atoms with Gasteiger partial charge in [-0.1, -0.05) is 17.7 Å². The highest BCUT2D eigenvalue weighted by molar-refractivity contribution is 6.33. The number of nitriles is 1. The predicted molar refractivity (Wildman–Crippen MR) is 75.6 cm³/mol. The second-order valence-corrected chi connectivity index (χ2v) is 4.89. The van der Waals surface area contributed by atoms with Crippen LogP contribution in [0.25, 0.3) is 0 Å². The lowest BCUT2D eigenvalue weighted by atomic mass is 10.1. The third-order valence-corrected chi connectivity index (χ3v) is 3.16. The van der Waals surface area contributed by atoms with Crippen LogP contribution in [0.4, 0.5) is 24.5 Å². The lowest BCUT2D eigenvalue weighted by Crippen LogP contribution is -2.08. The van der Waals surface area contributed by atoms with E-state index in [2.05, 4.69) is 5.32 Å². The summed E-state index contributed by atoms with van der Waals surface area (Å²) < 4.78 is 38.6. The maximum absolute atomic E-state index is 12.9. The zero-order chi connectivity index (χ0) is 15.6. The number of rotatable bonds is 2. The number of nitrogens with zero attached hydrogens (tertiary/aromatic N) is 1. The van der Waals surface area contributed by atoms with E-state index >= 15 is 0 Å². The van der Waals surface area contributed by atoms with Crippen molar-refractivity contribution in [2.24, 2.45) is 0 Å². The van der Waals surface area contributed by atoms with Gasteiger partial charge in [-0.2, -0.15) is 18.4 Å². The van der Waals surface area contributed by atoms with Gasteiger partial charge < -0.3 is 5.32 Å². The molecule has 0 aliphatic heterocycles. The van der Waals surface area contributed by atoms with E-state index in [9.17, 15) is 13.2 Å². The third-order valence-electron chi connectivity index (χ3n) is 2.85. The van der Waals surface area contributed by atoms with Gasteiger partial charge >= 0.3 is 6.18 Å². The van der Waals surface area contributed by atoms with Gasteiger partial charge in [0, 0.05) is 5.69 Å². The summed E-state index contributed by atoms with van der Waals surface area (Å²) in [5.41, 5.74) is 0.273. The summed E-state index contributed by atoms with van der Waals surface area (Å²) in [5.74, 6) is 0. The van der Waals surface area contributed by atoms with Crippen LogP contribution in [-0.4, -0.2) is 0 Å². The molecule has 0 fully saturated rings. The Balaban J connectivity index is 2.40. The molecular formula is C15H10ClF3N2. The molecule has 0 spiro atoms. The second-order valence-electron chi connectivity index (χ2n) is 4.48. The number of benzene rings is 2. The monoisotopic (exact) mass is 310 g/mol. The van der Waals surface area contributed by atoms with Crippen molar-refractivity contribution in [3.8, 4) is 6.07 Å². The van der Waals surface area contributed by atoms with Gasteiger partial charge in [-0.25, -0.2) is 0 Å². The van der Waals surface area contributed by atoms with E-state index in [1.807, 2.05) is 6.92 Å². The minimum Gasteiger partial charge on any atom is -0.354 e. The van der Waals surface area contributed by atoms with Crippen LogP contribution in [0, 0.1) is 18.3 Å². The van der Waals surface area contributed by atoms with E-state index in [4.69, 9.17) is 16.9 Å². The number of nitrogens with one attached hydrogen (secondary N) is 1. The molecule has 0 aliphatic rings. The average molecular weight is 311 g/mol. The molecule has 2 rings (SSSR count). The molecule has 108 valence electrons. The highest BCUT2D eigenvalue weighted by Crippen LogP contribution is 2.35. The summed E-state index contributed by atoms with van der Waals surface area (Å²) in [6.07, 6.45) is -4.58. The van der Waals surface area contributed by atoms with E-state index in [0.717, 1.165) is 17.7 Å². The van der Waals surface area contributed by atoms with Gasteiger partial charge in [0.25, 0.3) is 0 Å². The molecule has 2 aromatic carbocycles. The molecule has 0 atom stereocenters. The van der Waals surface area contributed by atoms with Crippen molar-refractivity contribution in [1.82, 2.24) is 0 Å². The van der Waals surface area contributed by atoms with Crippen molar-refractivity contribution in [2.75, 3.05) is 5.32 Å². The molecule has 0 aromatic heterocycles. The molecule has 0 bridgehead atoms. The first-order valence-electron chi connectivity index (χ1n) is 5.96. The van der Waals surface area contributed by atoms with Crippen LogP contribution in [0.5, 0.6) is 0 Å². The molecule has 0 heterocycles. The lowest BCUT2D eigenvalue weighted by Gasteiger charge is -2.13. The number of alkyl halides is 3. The first-order chi connectivity index (χ1) is 9.81. The summed E-state index contributed by atoms with van der Waals surface area (Å²) in [6, 6.07) is 10.2. The Morgan fingerprint density at radius 1 is 1.14 bits per heavy atom. The molecule has 0 radical (unpaired) electrons. The zero-order valence-corrected chi connectivity index (χ0v) is 11.7. The van der Waals surface area contributed by atoms with Crippen molar-refractivity contribution in [1.29, 1.82) is 5.26 Å². The SMILES string of the molecule is Cc1ccc(Nc2ccc(C#N)c(C(F)(F)F)c2)c(Cl)c1. The molecule has 0 amide bonds. The number of anilines is 2. The van der Waals surface area contributed by atoms with Gasteiger partial charge in [-0.05, 0) is 42.8 Å². The summed E-state index contributed by atoms with van der Waals surface area (Å²) in [6.45, 7) is 1.86. The number of halogens is 4. The molecule has 21 heavy (non-hydrogen) atoms. The normalized spacial score (nSPS) is 11.0. The summed E-state index contributed by atoms with van der Waals surface area (Å²) in [4.78, 5) is 0. The third kappa shape index (κ3) is 3.47. The molecule has 0 saturated heterocycles. The Bertz CT molecular complexity index is 718. The van der Waals surface area contributed by atoms with E-state index in [0.29, 0.717) is 10.7 Å². The molecule has 2 nitrogen and oxygen atoms in total. The molecule has 6 heteroatoms. The quantitative estimate of drug-likeness (QED) is 0.819. The minimum absolute atomic E-state index is 0.215. The summed E-state index contributed by atoms with van der Waals surface area (Å²) in [7, 11) is 0. The van der Waals surface area contributed by atoms with Crippen LogP contribution in [0.2, 0.25) is 5.02 Å². The Morgan fingerprint density at radius 2 is 1.86 bits per heavy atom. The van der Waals surface area contributed by atoms with Crippen LogP contribution in [-0.2, 0) is 6.18 Å². The van der Waals surface area contributed by atoms with Crippen molar-refractivity contribution in [3.63, 3.8) is 0 Å². The van der Waals surface area contributed by atoms with E-state index in [1.54, 1.807) is 18.2 Å². The average Bonchev–Trinajstić information content (AvgIpc) is 2.41. The summed E-state index contributed by atoms with van der Waals surface area (Å²) in [5, 5.41) is 12.0. The van der Waals surface area contributed by atoms with Crippen LogP contribution >= 0.6 is 11.6 Å². The van der Waals surface area contributed by atoms with Crippen molar-refractivity contribution < 1.29 is 13.2 Å². The van der Waals surface area contributed by atoms with Gasteiger partial charge in [-0.3, -0.25) is 0 Å². The van der Waals surface area contributed by atoms with Gasteiger partial charge in [0.2, 0.25) is 0 Å². The molecule has 0 unspecified atom stereocenters. The Kier molecular flexibility index (Phi) is 4.10. The molecular weight excluding hydrogens is 301 g/mol. The minimum atomic E-state index is -4.58. The topological polar surface area (TPSA) is 35.8 Å². The fourth-order valence-corrected chi connectivity index (χ4v) is 2.11. The van der Waals surface area contributed by atoms with Gasteiger partial charge in [0.1, 0.15) is 0 Å². The highest BCUT2D eigenvalue weighted by Gasteiger charge is 2.33. The van der Waals surface area contributed by atoms with Crippen LogP contribution in [0.15, 0.2) is 36.4 Å². The first-order valence-corrected chi connectivity index (χ1v) is 6.33. The largest absolute Gasteiger partial charge is 0.417 e. The van der Waals surface area contributed by atoms with Crippen LogP contribution in [0.1, 0.15) is 16.7 Å². The van der Waals surface area contributed by atoms with Gasteiger partial charge in [0.05, 0.1) is 27.9 Å². The van der Waals surface area contributed by atoms with Crippen molar-refractivity contribution >= 4 is 23.0 Å². The number of hydrogen-bond acceptors (Lipinski definition) is 2. The Labute approximate surface area is 124 Å². The second kappa shape index (κ2) is 5.66. The fraction of sp³-hybridized carbons (Fsp3) is 0.133. The number of aryl methyl sites for hydroxylation is 1.